The van der Waals surface area contributed by atoms with E-state index in [1.54, 1.807) is 11.7 Å². The van der Waals surface area contributed by atoms with Gasteiger partial charge in [-0.05, 0) is 6.92 Å². The maximum absolute atomic E-state index is 10.7. The quantitative estimate of drug-likeness (QED) is 0.897. The molecule has 0 saturated heterocycles. The van der Waals surface area contributed by atoms with Crippen molar-refractivity contribution in [2.24, 2.45) is 7.05 Å². The van der Waals surface area contributed by atoms with E-state index in [4.69, 9.17) is 16.7 Å². The van der Waals surface area contributed by atoms with Crippen LogP contribution in [0.15, 0.2) is 12.4 Å². The van der Waals surface area contributed by atoms with Crippen molar-refractivity contribution in [1.29, 1.82) is 0 Å². The van der Waals surface area contributed by atoms with Crippen LogP contribution < -0.4 is 0 Å². The van der Waals surface area contributed by atoms with Gasteiger partial charge in [0.25, 0.3) is 0 Å². The Morgan fingerprint density at radius 2 is 2.29 bits per heavy atom. The molecule has 0 aliphatic rings. The van der Waals surface area contributed by atoms with E-state index in [0.717, 1.165) is 11.4 Å². The summed E-state index contributed by atoms with van der Waals surface area (Å²) in [5.41, 5.74) is 1.69. The SMILES string of the molecule is Cc1nn(C)c(Cn2cc(C(=O)O)cn2)c1Cl. The molecule has 0 fully saturated rings. The van der Waals surface area contributed by atoms with Gasteiger partial charge in [-0.1, -0.05) is 11.6 Å². The first kappa shape index (κ1) is 11.7. The Morgan fingerprint density at radius 1 is 1.59 bits per heavy atom. The van der Waals surface area contributed by atoms with Gasteiger partial charge in [-0.15, -0.1) is 0 Å². The summed E-state index contributed by atoms with van der Waals surface area (Å²) in [5.74, 6) is -0.997. The molecule has 17 heavy (non-hydrogen) atoms. The molecule has 0 spiro atoms. The highest BCUT2D eigenvalue weighted by Crippen LogP contribution is 2.20. The van der Waals surface area contributed by atoms with Crippen LogP contribution in [0.1, 0.15) is 21.7 Å². The Hall–Kier alpha value is -1.82. The molecule has 2 heterocycles. The lowest BCUT2D eigenvalue weighted by Crippen LogP contribution is -2.06. The van der Waals surface area contributed by atoms with Crippen molar-refractivity contribution < 1.29 is 9.90 Å². The number of hydrogen-bond acceptors (Lipinski definition) is 3. The number of aromatic nitrogens is 4. The Balaban J connectivity index is 2.28. The van der Waals surface area contributed by atoms with Crippen LogP contribution in [0.4, 0.5) is 0 Å². The molecular weight excluding hydrogens is 244 g/mol. The molecule has 0 atom stereocenters. The lowest BCUT2D eigenvalue weighted by atomic mass is 10.3. The Kier molecular flexibility index (Phi) is 2.89. The molecule has 0 aliphatic heterocycles. The highest BCUT2D eigenvalue weighted by atomic mass is 35.5. The van der Waals surface area contributed by atoms with Crippen molar-refractivity contribution in [2.75, 3.05) is 0 Å². The van der Waals surface area contributed by atoms with Crippen LogP contribution in [-0.2, 0) is 13.6 Å². The predicted octanol–water partition coefficient (Wildman–Crippen LogP) is 1.32. The number of carbonyl (C=O) groups is 1. The van der Waals surface area contributed by atoms with Gasteiger partial charge in [0.05, 0.1) is 34.7 Å². The van der Waals surface area contributed by atoms with E-state index in [-0.39, 0.29) is 5.56 Å². The maximum atomic E-state index is 10.7. The molecular formula is C10H11ClN4O2. The molecule has 90 valence electrons. The zero-order valence-electron chi connectivity index (χ0n) is 9.38. The van der Waals surface area contributed by atoms with Crippen molar-refractivity contribution in [3.8, 4) is 0 Å². The van der Waals surface area contributed by atoms with E-state index in [1.807, 2.05) is 6.92 Å². The molecule has 0 saturated carbocycles. The van der Waals surface area contributed by atoms with Crippen LogP contribution in [0, 0.1) is 6.92 Å². The summed E-state index contributed by atoms with van der Waals surface area (Å²) in [4.78, 5) is 10.7. The second-order valence-electron chi connectivity index (χ2n) is 3.70. The number of halogens is 1. The molecule has 2 aromatic rings. The minimum Gasteiger partial charge on any atom is -0.478 e. The first-order valence-electron chi connectivity index (χ1n) is 4.92. The van der Waals surface area contributed by atoms with Gasteiger partial charge in [0.1, 0.15) is 0 Å². The molecule has 0 aromatic carbocycles. The van der Waals surface area contributed by atoms with Gasteiger partial charge in [-0.2, -0.15) is 10.2 Å². The number of hydrogen-bond donors (Lipinski definition) is 1. The summed E-state index contributed by atoms with van der Waals surface area (Å²) in [6.45, 7) is 2.21. The van der Waals surface area contributed by atoms with Crippen LogP contribution in [0.2, 0.25) is 5.02 Å². The van der Waals surface area contributed by atoms with Gasteiger partial charge in [0.2, 0.25) is 0 Å². The van der Waals surface area contributed by atoms with E-state index in [0.29, 0.717) is 11.6 Å². The number of aryl methyl sites for hydroxylation is 2. The normalized spacial score (nSPS) is 10.8. The van der Waals surface area contributed by atoms with E-state index in [2.05, 4.69) is 10.2 Å². The first-order valence-corrected chi connectivity index (χ1v) is 5.30. The Bertz CT molecular complexity index is 573. The van der Waals surface area contributed by atoms with Crippen molar-refractivity contribution in [3.63, 3.8) is 0 Å². The van der Waals surface area contributed by atoms with Crippen molar-refractivity contribution in [1.82, 2.24) is 19.6 Å². The largest absolute Gasteiger partial charge is 0.478 e. The van der Waals surface area contributed by atoms with Crippen LogP contribution in [0.3, 0.4) is 0 Å². The van der Waals surface area contributed by atoms with Crippen molar-refractivity contribution in [2.45, 2.75) is 13.5 Å². The maximum Gasteiger partial charge on any atom is 0.338 e. The third kappa shape index (κ3) is 2.16. The minimum atomic E-state index is -0.997. The van der Waals surface area contributed by atoms with Crippen LogP contribution in [0.25, 0.3) is 0 Å². The molecule has 1 N–H and O–H groups in total. The Morgan fingerprint density at radius 3 is 2.76 bits per heavy atom. The lowest BCUT2D eigenvalue weighted by molar-refractivity contribution is 0.0697. The van der Waals surface area contributed by atoms with Gasteiger partial charge < -0.3 is 5.11 Å². The monoisotopic (exact) mass is 254 g/mol. The van der Waals surface area contributed by atoms with Crippen molar-refractivity contribution >= 4 is 17.6 Å². The summed E-state index contributed by atoms with van der Waals surface area (Å²) in [5, 5.41) is 17.5. The third-order valence-electron chi connectivity index (χ3n) is 2.45. The van der Waals surface area contributed by atoms with Crippen LogP contribution in [0.5, 0.6) is 0 Å². The second-order valence-corrected chi connectivity index (χ2v) is 4.08. The van der Waals surface area contributed by atoms with Crippen LogP contribution in [-0.4, -0.2) is 30.6 Å². The number of aromatic carboxylic acids is 1. The molecule has 0 bridgehead atoms. The Labute approximate surface area is 102 Å². The molecule has 0 radical (unpaired) electrons. The summed E-state index contributed by atoms with van der Waals surface area (Å²) in [6.07, 6.45) is 2.76. The van der Waals surface area contributed by atoms with E-state index in [9.17, 15) is 4.79 Å². The van der Waals surface area contributed by atoms with E-state index >= 15 is 0 Å². The van der Waals surface area contributed by atoms with Crippen LogP contribution >= 0.6 is 11.6 Å². The molecule has 2 rings (SSSR count). The molecule has 6 nitrogen and oxygen atoms in total. The average Bonchev–Trinajstić information content (AvgIpc) is 2.80. The molecule has 0 unspecified atom stereocenters. The van der Waals surface area contributed by atoms with Gasteiger partial charge in [0, 0.05) is 13.2 Å². The predicted molar refractivity (Wildman–Crippen MR) is 61.2 cm³/mol. The molecule has 7 heteroatoms. The summed E-state index contributed by atoms with van der Waals surface area (Å²) >= 11 is 6.09. The topological polar surface area (TPSA) is 72.9 Å². The fourth-order valence-corrected chi connectivity index (χ4v) is 1.79. The summed E-state index contributed by atoms with van der Waals surface area (Å²) in [7, 11) is 1.79. The van der Waals surface area contributed by atoms with E-state index in [1.165, 1.54) is 17.1 Å². The zero-order chi connectivity index (χ0) is 12.6. The highest BCUT2D eigenvalue weighted by molar-refractivity contribution is 6.31. The zero-order valence-corrected chi connectivity index (χ0v) is 10.1. The first-order chi connectivity index (χ1) is 7.99. The number of rotatable bonds is 3. The fraction of sp³-hybridized carbons (Fsp3) is 0.300. The standard InChI is InChI=1S/C10H11ClN4O2/c1-6-9(11)8(14(2)13-6)5-15-4-7(3-12-15)10(16)17/h3-4H,5H2,1-2H3,(H,16,17). The molecule has 0 aliphatic carbocycles. The molecule has 0 amide bonds. The van der Waals surface area contributed by atoms with Gasteiger partial charge in [-0.3, -0.25) is 9.36 Å². The highest BCUT2D eigenvalue weighted by Gasteiger charge is 2.13. The van der Waals surface area contributed by atoms with Gasteiger partial charge in [-0.25, -0.2) is 4.79 Å². The van der Waals surface area contributed by atoms with Gasteiger partial charge in [0.15, 0.2) is 0 Å². The number of nitrogens with zero attached hydrogens (tertiary/aromatic N) is 4. The summed E-state index contributed by atoms with van der Waals surface area (Å²) in [6, 6.07) is 0. The number of carboxylic acids is 1. The number of carboxylic acid groups (broad SMARTS) is 1. The lowest BCUT2D eigenvalue weighted by Gasteiger charge is -2.02. The molecule has 2 aromatic heterocycles. The third-order valence-corrected chi connectivity index (χ3v) is 2.95. The van der Waals surface area contributed by atoms with E-state index < -0.39 is 5.97 Å². The summed E-state index contributed by atoms with van der Waals surface area (Å²) < 4.78 is 3.19. The minimum absolute atomic E-state index is 0.153. The average molecular weight is 255 g/mol. The fourth-order valence-electron chi connectivity index (χ4n) is 1.57. The smallest absolute Gasteiger partial charge is 0.338 e. The second kappa shape index (κ2) is 4.21. The van der Waals surface area contributed by atoms with Gasteiger partial charge >= 0.3 is 5.97 Å². The van der Waals surface area contributed by atoms with Crippen molar-refractivity contribution in [3.05, 3.63) is 34.4 Å².